The molecule has 3 heteroatoms. The Morgan fingerprint density at radius 1 is 0.486 bits per heavy atom. The van der Waals surface area contributed by atoms with Gasteiger partial charge in [0.25, 0.3) is 0 Å². The highest BCUT2D eigenvalue weighted by atomic mass is 16.4. The predicted octanol–water partition coefficient (Wildman–Crippen LogP) is 9.03. The van der Waals surface area contributed by atoms with Gasteiger partial charge in [-0.15, -0.1) is 10.2 Å². The second-order valence-corrected chi connectivity index (χ2v) is 9.13. The van der Waals surface area contributed by atoms with Crippen LogP contribution in [-0.2, 0) is 0 Å². The van der Waals surface area contributed by atoms with Gasteiger partial charge in [0.2, 0.25) is 11.8 Å². The first-order valence-electron chi connectivity index (χ1n) is 12.3. The molecule has 0 saturated heterocycles. The minimum atomic E-state index is 0.511. The van der Waals surface area contributed by atoms with E-state index in [4.69, 9.17) is 4.42 Å². The molecule has 0 fully saturated rings. The van der Waals surface area contributed by atoms with Crippen LogP contribution < -0.4 is 0 Å². The van der Waals surface area contributed by atoms with E-state index in [1.807, 2.05) is 24.3 Å². The summed E-state index contributed by atoms with van der Waals surface area (Å²) >= 11 is 0. The Labute approximate surface area is 214 Å². The van der Waals surface area contributed by atoms with Gasteiger partial charge in [-0.25, -0.2) is 0 Å². The van der Waals surface area contributed by atoms with Crippen molar-refractivity contribution in [3.63, 3.8) is 0 Å². The molecule has 1 heterocycles. The molecule has 0 bridgehead atoms. The first kappa shape index (κ1) is 21.3. The molecule has 0 spiro atoms. The van der Waals surface area contributed by atoms with Crippen LogP contribution in [0.15, 0.2) is 126 Å². The van der Waals surface area contributed by atoms with Crippen LogP contribution in [0.4, 0.5) is 0 Å². The van der Waals surface area contributed by atoms with Gasteiger partial charge >= 0.3 is 0 Å². The lowest BCUT2D eigenvalue weighted by molar-refractivity contribution is 0.586. The molecule has 0 unspecified atom stereocenters. The largest absolute Gasteiger partial charge is 0.416 e. The molecule has 7 aromatic rings. The molecule has 0 saturated carbocycles. The summed E-state index contributed by atoms with van der Waals surface area (Å²) in [5, 5.41) is 15.9. The van der Waals surface area contributed by atoms with E-state index < -0.39 is 0 Å². The molecule has 0 amide bonds. The van der Waals surface area contributed by atoms with Crippen molar-refractivity contribution in [1.82, 2.24) is 10.2 Å². The molecule has 1 aromatic heterocycles. The molecule has 37 heavy (non-hydrogen) atoms. The summed E-state index contributed by atoms with van der Waals surface area (Å²) in [6.07, 6.45) is 4.29. The molecule has 0 aliphatic carbocycles. The number of hydrogen-bond donors (Lipinski definition) is 0. The minimum Gasteiger partial charge on any atom is -0.416 e. The van der Waals surface area contributed by atoms with Crippen molar-refractivity contribution >= 4 is 44.5 Å². The third-order valence-electron chi connectivity index (χ3n) is 6.85. The zero-order chi connectivity index (χ0) is 24.6. The molecule has 0 radical (unpaired) electrons. The van der Waals surface area contributed by atoms with Gasteiger partial charge in [-0.05, 0) is 61.6 Å². The van der Waals surface area contributed by atoms with Crippen LogP contribution in [0, 0.1) is 0 Å². The maximum absolute atomic E-state index is 6.25. The van der Waals surface area contributed by atoms with Crippen LogP contribution >= 0.6 is 0 Å². The van der Waals surface area contributed by atoms with Gasteiger partial charge < -0.3 is 4.42 Å². The van der Waals surface area contributed by atoms with Gasteiger partial charge in [0.15, 0.2) is 0 Å². The zero-order valence-electron chi connectivity index (χ0n) is 20.0. The summed E-state index contributed by atoms with van der Waals surface area (Å²) in [5.74, 6) is 1.04. The normalized spacial score (nSPS) is 11.7. The van der Waals surface area contributed by atoms with Gasteiger partial charge in [0, 0.05) is 5.56 Å². The highest BCUT2D eigenvalue weighted by molar-refractivity contribution is 6.11. The fourth-order valence-electron chi connectivity index (χ4n) is 5.00. The Balaban J connectivity index is 1.22. The van der Waals surface area contributed by atoms with E-state index in [0.717, 1.165) is 38.2 Å². The van der Waals surface area contributed by atoms with Gasteiger partial charge in [-0.1, -0.05) is 115 Å². The lowest BCUT2D eigenvalue weighted by Crippen LogP contribution is -1.85. The van der Waals surface area contributed by atoms with Crippen molar-refractivity contribution in [3.05, 3.63) is 132 Å². The van der Waals surface area contributed by atoms with Gasteiger partial charge in [0.05, 0.1) is 5.56 Å². The van der Waals surface area contributed by atoms with Crippen LogP contribution in [-0.4, -0.2) is 10.2 Å². The highest BCUT2D eigenvalue weighted by Gasteiger charge is 2.16. The third kappa shape index (κ3) is 3.87. The summed E-state index contributed by atoms with van der Waals surface area (Å²) in [6.45, 7) is 0. The molecule has 0 aliphatic heterocycles. The van der Waals surface area contributed by atoms with Gasteiger partial charge in [-0.3, -0.25) is 0 Å². The van der Waals surface area contributed by atoms with Gasteiger partial charge in [0.1, 0.15) is 0 Å². The highest BCUT2D eigenvalue weighted by Crippen LogP contribution is 2.36. The molecule has 0 atom stereocenters. The lowest BCUT2D eigenvalue weighted by atomic mass is 9.97. The third-order valence-corrected chi connectivity index (χ3v) is 6.85. The van der Waals surface area contributed by atoms with Crippen molar-refractivity contribution in [2.45, 2.75) is 0 Å². The lowest BCUT2D eigenvalue weighted by Gasteiger charge is -2.08. The molecule has 6 aromatic carbocycles. The Bertz CT molecular complexity index is 1870. The Morgan fingerprint density at radius 3 is 1.81 bits per heavy atom. The van der Waals surface area contributed by atoms with Crippen molar-refractivity contribution < 1.29 is 4.42 Å². The topological polar surface area (TPSA) is 38.9 Å². The Kier molecular flexibility index (Phi) is 5.11. The minimum absolute atomic E-state index is 0.511. The fourth-order valence-corrected chi connectivity index (χ4v) is 5.00. The number of nitrogens with zero attached hydrogens (tertiary/aromatic N) is 2. The zero-order valence-corrected chi connectivity index (χ0v) is 20.0. The van der Waals surface area contributed by atoms with E-state index in [9.17, 15) is 0 Å². The van der Waals surface area contributed by atoms with Crippen LogP contribution in [0.25, 0.3) is 67.4 Å². The fraction of sp³-hybridized carbons (Fsp3) is 0. The van der Waals surface area contributed by atoms with Crippen LogP contribution in [0.2, 0.25) is 0 Å². The summed E-state index contributed by atoms with van der Waals surface area (Å²) in [5.41, 5.74) is 4.18. The van der Waals surface area contributed by atoms with E-state index in [2.05, 4.69) is 119 Å². The second kappa shape index (κ2) is 8.89. The van der Waals surface area contributed by atoms with Crippen molar-refractivity contribution in [1.29, 1.82) is 0 Å². The first-order chi connectivity index (χ1) is 18.3. The maximum Gasteiger partial charge on any atom is 0.249 e. The average Bonchev–Trinajstić information content (AvgIpc) is 3.45. The van der Waals surface area contributed by atoms with Crippen LogP contribution in [0.5, 0.6) is 0 Å². The summed E-state index contributed by atoms with van der Waals surface area (Å²) in [4.78, 5) is 0. The smallest absolute Gasteiger partial charge is 0.249 e. The molecule has 0 N–H and O–H groups in total. The monoisotopic (exact) mass is 474 g/mol. The van der Waals surface area contributed by atoms with Crippen molar-refractivity contribution in [2.24, 2.45) is 0 Å². The van der Waals surface area contributed by atoms with E-state index >= 15 is 0 Å². The number of hydrogen-bond acceptors (Lipinski definition) is 3. The van der Waals surface area contributed by atoms with E-state index in [-0.39, 0.29) is 0 Å². The Morgan fingerprint density at radius 2 is 1.08 bits per heavy atom. The van der Waals surface area contributed by atoms with Crippen LogP contribution in [0.3, 0.4) is 0 Å². The maximum atomic E-state index is 6.25. The molecular formula is C34H22N2O. The molecule has 0 aliphatic rings. The summed E-state index contributed by atoms with van der Waals surface area (Å²) in [7, 11) is 0. The SMILES string of the molecule is C(=C\c1cccc2ccccc12)/c1ccc(-c2nnc(-c3c4ccccc4cc4ccccc34)o2)cc1. The quantitative estimate of drug-likeness (QED) is 0.189. The van der Waals surface area contributed by atoms with E-state index in [1.165, 1.54) is 16.3 Å². The number of aromatic nitrogens is 2. The van der Waals surface area contributed by atoms with Crippen LogP contribution in [0.1, 0.15) is 11.1 Å². The van der Waals surface area contributed by atoms with E-state index in [1.54, 1.807) is 0 Å². The predicted molar refractivity (Wildman–Crippen MR) is 153 cm³/mol. The van der Waals surface area contributed by atoms with Gasteiger partial charge in [-0.2, -0.15) is 0 Å². The summed E-state index contributed by atoms with van der Waals surface area (Å²) in [6, 6.07) is 41.9. The number of rotatable bonds is 4. The van der Waals surface area contributed by atoms with Crippen molar-refractivity contribution in [2.75, 3.05) is 0 Å². The molecule has 3 nitrogen and oxygen atoms in total. The number of benzene rings is 6. The molecule has 174 valence electrons. The summed E-state index contributed by atoms with van der Waals surface area (Å²) < 4.78 is 6.25. The average molecular weight is 475 g/mol. The molecular weight excluding hydrogens is 452 g/mol. The standard InChI is InChI=1S/C34H22N2O/c1-4-13-29-24(8-1)11-7-12-25(29)19-16-23-17-20-26(21-18-23)33-35-36-34(37-33)32-30-14-5-2-9-27(30)22-28-10-3-6-15-31(28)32/h1-22H/b19-16+. The van der Waals surface area contributed by atoms with E-state index in [0.29, 0.717) is 11.8 Å². The number of fused-ring (bicyclic) bond motifs is 3. The first-order valence-corrected chi connectivity index (χ1v) is 12.3. The second-order valence-electron chi connectivity index (χ2n) is 9.13. The molecule has 7 rings (SSSR count). The van der Waals surface area contributed by atoms with Crippen molar-refractivity contribution in [3.8, 4) is 22.9 Å². The Hall–Kier alpha value is -5.02.